The monoisotopic (exact) mass is 328 g/mol. The fraction of sp³-hybridized carbons (Fsp3) is 0.688. The predicted octanol–water partition coefficient (Wildman–Crippen LogP) is 4.88. The molecule has 0 aliphatic carbocycles. The van der Waals surface area contributed by atoms with Crippen LogP contribution in [0.1, 0.15) is 48.7 Å². The van der Waals surface area contributed by atoms with E-state index in [4.69, 9.17) is 9.16 Å². The van der Waals surface area contributed by atoms with Gasteiger partial charge in [0.15, 0.2) is 8.32 Å². The van der Waals surface area contributed by atoms with E-state index in [-0.39, 0.29) is 11.0 Å². The summed E-state index contributed by atoms with van der Waals surface area (Å²) in [4.78, 5) is 13.5. The van der Waals surface area contributed by atoms with Crippen molar-refractivity contribution in [3.63, 3.8) is 0 Å². The molecule has 5 heteroatoms. The van der Waals surface area contributed by atoms with Crippen molar-refractivity contribution in [2.24, 2.45) is 0 Å². The van der Waals surface area contributed by atoms with Crippen LogP contribution in [0.2, 0.25) is 18.1 Å². The second-order valence-corrected chi connectivity index (χ2v) is 12.7. The largest absolute Gasteiger partial charge is 0.462 e. The van der Waals surface area contributed by atoms with E-state index in [1.807, 2.05) is 19.1 Å². The SMILES string of the molecule is CCOC(=O)c1ccc(CCCO[Si](C)(C)C(C)(C)C)s1. The van der Waals surface area contributed by atoms with E-state index in [9.17, 15) is 4.79 Å². The van der Waals surface area contributed by atoms with Gasteiger partial charge in [-0.25, -0.2) is 4.79 Å². The van der Waals surface area contributed by atoms with Crippen LogP contribution in [0.3, 0.4) is 0 Å². The predicted molar refractivity (Wildman–Crippen MR) is 91.7 cm³/mol. The Labute approximate surface area is 133 Å². The highest BCUT2D eigenvalue weighted by Crippen LogP contribution is 2.36. The summed E-state index contributed by atoms with van der Waals surface area (Å²) in [7, 11) is -1.64. The Balaban J connectivity index is 2.39. The van der Waals surface area contributed by atoms with Crippen molar-refractivity contribution in [1.29, 1.82) is 0 Å². The Kier molecular flexibility index (Phi) is 6.62. The first-order chi connectivity index (χ1) is 9.67. The maximum atomic E-state index is 11.6. The first kappa shape index (κ1) is 18.4. The van der Waals surface area contributed by atoms with E-state index in [1.165, 1.54) is 16.2 Å². The molecule has 0 aromatic carbocycles. The van der Waals surface area contributed by atoms with Gasteiger partial charge in [0.1, 0.15) is 4.88 Å². The number of hydrogen-bond donors (Lipinski definition) is 0. The van der Waals surface area contributed by atoms with Crippen LogP contribution in [-0.4, -0.2) is 27.5 Å². The summed E-state index contributed by atoms with van der Waals surface area (Å²) in [5.74, 6) is -0.216. The lowest BCUT2D eigenvalue weighted by molar-refractivity contribution is 0.0532. The van der Waals surface area contributed by atoms with Crippen LogP contribution >= 0.6 is 11.3 Å². The van der Waals surface area contributed by atoms with Gasteiger partial charge in [-0.3, -0.25) is 0 Å². The van der Waals surface area contributed by atoms with Crippen molar-refractivity contribution in [2.75, 3.05) is 13.2 Å². The number of rotatable bonds is 7. The maximum Gasteiger partial charge on any atom is 0.348 e. The highest BCUT2D eigenvalue weighted by molar-refractivity contribution is 7.13. The average molecular weight is 329 g/mol. The molecule has 0 saturated carbocycles. The molecule has 0 radical (unpaired) electrons. The van der Waals surface area contributed by atoms with Crippen molar-refractivity contribution >= 4 is 25.6 Å². The summed E-state index contributed by atoms with van der Waals surface area (Å²) < 4.78 is 11.2. The Morgan fingerprint density at radius 2 is 1.95 bits per heavy atom. The molecular formula is C16H28O3SSi. The first-order valence-electron chi connectivity index (χ1n) is 7.57. The molecule has 1 heterocycles. The van der Waals surface area contributed by atoms with Gasteiger partial charge in [0.05, 0.1) is 6.61 Å². The summed E-state index contributed by atoms with van der Waals surface area (Å²) in [6.45, 7) is 14.4. The van der Waals surface area contributed by atoms with E-state index in [0.717, 1.165) is 19.4 Å². The van der Waals surface area contributed by atoms with Gasteiger partial charge in [0.25, 0.3) is 0 Å². The number of carbonyl (C=O) groups is 1. The maximum absolute atomic E-state index is 11.6. The van der Waals surface area contributed by atoms with Crippen molar-refractivity contribution < 1.29 is 14.0 Å². The third kappa shape index (κ3) is 5.56. The number of thiophene rings is 1. The topological polar surface area (TPSA) is 35.5 Å². The van der Waals surface area contributed by atoms with Gasteiger partial charge in [0.2, 0.25) is 0 Å². The number of carbonyl (C=O) groups excluding carboxylic acids is 1. The second kappa shape index (κ2) is 7.56. The van der Waals surface area contributed by atoms with Crippen molar-refractivity contribution in [2.45, 2.75) is 58.7 Å². The van der Waals surface area contributed by atoms with Gasteiger partial charge in [-0.15, -0.1) is 11.3 Å². The average Bonchev–Trinajstić information content (AvgIpc) is 2.82. The molecule has 0 N–H and O–H groups in total. The fourth-order valence-corrected chi connectivity index (χ4v) is 3.65. The lowest BCUT2D eigenvalue weighted by Crippen LogP contribution is -2.41. The molecule has 0 aliphatic heterocycles. The number of aryl methyl sites for hydroxylation is 1. The Bertz CT molecular complexity index is 460. The number of hydrogen-bond acceptors (Lipinski definition) is 4. The quantitative estimate of drug-likeness (QED) is 0.406. The van der Waals surface area contributed by atoms with Crippen molar-refractivity contribution in [1.82, 2.24) is 0 Å². The molecule has 0 amide bonds. The molecule has 0 saturated heterocycles. The fourth-order valence-electron chi connectivity index (χ4n) is 1.61. The van der Waals surface area contributed by atoms with E-state index < -0.39 is 8.32 Å². The Hall–Kier alpha value is -0.653. The molecule has 0 aliphatic rings. The summed E-state index contributed by atoms with van der Waals surface area (Å²) in [5.41, 5.74) is 0. The zero-order valence-corrected chi connectivity index (χ0v) is 15.9. The molecule has 0 atom stereocenters. The highest BCUT2D eigenvalue weighted by atomic mass is 32.1. The third-order valence-electron chi connectivity index (χ3n) is 3.97. The van der Waals surface area contributed by atoms with Crippen LogP contribution in [0, 0.1) is 0 Å². The van der Waals surface area contributed by atoms with Crippen LogP contribution in [0.25, 0.3) is 0 Å². The molecular weight excluding hydrogens is 300 g/mol. The summed E-state index contributed by atoms with van der Waals surface area (Å²) in [6.07, 6.45) is 1.95. The van der Waals surface area contributed by atoms with Crippen LogP contribution < -0.4 is 0 Å². The molecule has 1 rings (SSSR count). The van der Waals surface area contributed by atoms with Crippen LogP contribution in [0.15, 0.2) is 12.1 Å². The molecule has 1 aromatic rings. The third-order valence-corrected chi connectivity index (χ3v) is 9.64. The molecule has 3 nitrogen and oxygen atoms in total. The number of ether oxygens (including phenoxy) is 1. The van der Waals surface area contributed by atoms with Crippen molar-refractivity contribution in [3.05, 3.63) is 21.9 Å². The number of esters is 1. The minimum atomic E-state index is -1.64. The van der Waals surface area contributed by atoms with Gasteiger partial charge < -0.3 is 9.16 Å². The summed E-state index contributed by atoms with van der Waals surface area (Å²) >= 11 is 1.53. The van der Waals surface area contributed by atoms with E-state index in [0.29, 0.717) is 11.5 Å². The summed E-state index contributed by atoms with van der Waals surface area (Å²) in [6, 6.07) is 3.87. The molecule has 0 spiro atoms. The van der Waals surface area contributed by atoms with Crippen molar-refractivity contribution in [3.8, 4) is 0 Å². The minimum Gasteiger partial charge on any atom is -0.462 e. The zero-order valence-electron chi connectivity index (χ0n) is 14.1. The molecule has 120 valence electrons. The molecule has 0 bridgehead atoms. The van der Waals surface area contributed by atoms with Gasteiger partial charge in [-0.1, -0.05) is 20.8 Å². The van der Waals surface area contributed by atoms with Gasteiger partial charge >= 0.3 is 5.97 Å². The minimum absolute atomic E-state index is 0.216. The summed E-state index contributed by atoms with van der Waals surface area (Å²) in [5, 5.41) is 0.257. The molecule has 0 unspecified atom stereocenters. The Morgan fingerprint density at radius 3 is 2.52 bits per heavy atom. The van der Waals surface area contributed by atoms with Gasteiger partial charge in [0, 0.05) is 11.5 Å². The highest BCUT2D eigenvalue weighted by Gasteiger charge is 2.36. The van der Waals surface area contributed by atoms with E-state index >= 15 is 0 Å². The molecule has 21 heavy (non-hydrogen) atoms. The van der Waals surface area contributed by atoms with Crippen LogP contribution in [-0.2, 0) is 15.6 Å². The van der Waals surface area contributed by atoms with Gasteiger partial charge in [-0.05, 0) is 50.0 Å². The lowest BCUT2D eigenvalue weighted by atomic mass is 10.2. The van der Waals surface area contributed by atoms with Gasteiger partial charge in [-0.2, -0.15) is 0 Å². The standard InChI is InChI=1S/C16H28O3SSi/c1-7-18-15(17)14-11-10-13(20-14)9-8-12-19-21(5,6)16(2,3)4/h10-11H,7-9,12H2,1-6H3. The zero-order chi connectivity index (χ0) is 16.1. The first-order valence-corrected chi connectivity index (χ1v) is 11.3. The normalized spacial score (nSPS) is 12.5. The molecule has 1 aromatic heterocycles. The van der Waals surface area contributed by atoms with E-state index in [2.05, 4.69) is 33.9 Å². The molecule has 0 fully saturated rings. The van der Waals surface area contributed by atoms with E-state index in [1.54, 1.807) is 0 Å². The Morgan fingerprint density at radius 1 is 1.29 bits per heavy atom. The lowest BCUT2D eigenvalue weighted by Gasteiger charge is -2.36. The van der Waals surface area contributed by atoms with Crippen LogP contribution in [0.5, 0.6) is 0 Å². The smallest absolute Gasteiger partial charge is 0.348 e. The second-order valence-electron chi connectivity index (χ2n) is 6.70. The van der Waals surface area contributed by atoms with Crippen LogP contribution in [0.4, 0.5) is 0 Å².